The quantitative estimate of drug-likeness (QED) is 0.770. The number of ether oxygens (including phenoxy) is 2. The van der Waals surface area contributed by atoms with Crippen molar-refractivity contribution in [1.29, 1.82) is 0 Å². The third kappa shape index (κ3) is 3.55. The van der Waals surface area contributed by atoms with Crippen LogP contribution in [0.3, 0.4) is 0 Å². The Kier molecular flexibility index (Phi) is 4.63. The molecule has 0 bridgehead atoms. The summed E-state index contributed by atoms with van der Waals surface area (Å²) >= 11 is 0. The molecule has 0 aromatic heterocycles. The Morgan fingerprint density at radius 2 is 1.94 bits per heavy atom. The van der Waals surface area contributed by atoms with Gasteiger partial charge in [0.25, 0.3) is 0 Å². The van der Waals surface area contributed by atoms with Crippen molar-refractivity contribution in [3.8, 4) is 11.5 Å². The van der Waals surface area contributed by atoms with Crippen LogP contribution in [-0.4, -0.2) is 19.1 Å². The van der Waals surface area contributed by atoms with Gasteiger partial charge in [-0.3, -0.25) is 4.79 Å². The highest BCUT2D eigenvalue weighted by Crippen LogP contribution is 2.37. The van der Waals surface area contributed by atoms with E-state index < -0.39 is 0 Å². The summed E-state index contributed by atoms with van der Waals surface area (Å²) in [6.07, 6.45) is 0. The van der Waals surface area contributed by atoms with Crippen LogP contribution in [0, 0.1) is 0 Å². The van der Waals surface area contributed by atoms with Crippen LogP contribution in [0.2, 0.25) is 0 Å². The van der Waals surface area contributed by atoms with Crippen LogP contribution in [-0.2, 0) is 4.79 Å². The first kappa shape index (κ1) is 13.2. The molecule has 94 valence electrons. The van der Waals surface area contributed by atoms with E-state index in [2.05, 4.69) is 5.32 Å². The Morgan fingerprint density at radius 1 is 1.29 bits per heavy atom. The molecule has 0 saturated carbocycles. The molecule has 0 unspecified atom stereocenters. The van der Waals surface area contributed by atoms with Crippen LogP contribution >= 0.6 is 0 Å². The molecule has 0 radical (unpaired) electrons. The summed E-state index contributed by atoms with van der Waals surface area (Å²) in [6.45, 7) is 6.19. The van der Waals surface area contributed by atoms with Crippen LogP contribution in [0.1, 0.15) is 20.8 Å². The lowest BCUT2D eigenvalue weighted by molar-refractivity contribution is -0.114. The lowest BCUT2D eigenvalue weighted by Gasteiger charge is -2.15. The lowest BCUT2D eigenvalue weighted by atomic mass is 10.2. The van der Waals surface area contributed by atoms with Gasteiger partial charge in [-0.05, 0) is 19.9 Å². The number of benzene rings is 1. The van der Waals surface area contributed by atoms with E-state index in [9.17, 15) is 4.79 Å². The van der Waals surface area contributed by atoms with Crippen molar-refractivity contribution in [2.75, 3.05) is 24.3 Å². The van der Waals surface area contributed by atoms with Gasteiger partial charge in [0.2, 0.25) is 5.91 Å². The van der Waals surface area contributed by atoms with Crippen molar-refractivity contribution in [2.45, 2.75) is 20.8 Å². The van der Waals surface area contributed by atoms with Gasteiger partial charge in [-0.15, -0.1) is 0 Å². The maximum atomic E-state index is 11.0. The molecule has 5 nitrogen and oxygen atoms in total. The highest BCUT2D eigenvalue weighted by molar-refractivity contribution is 5.90. The first-order chi connectivity index (χ1) is 8.08. The van der Waals surface area contributed by atoms with Crippen molar-refractivity contribution in [1.82, 2.24) is 0 Å². The molecule has 5 heteroatoms. The number of rotatable bonds is 5. The molecule has 1 rings (SSSR count). The van der Waals surface area contributed by atoms with E-state index in [1.165, 1.54) is 6.92 Å². The summed E-state index contributed by atoms with van der Waals surface area (Å²) in [7, 11) is 0. The molecule has 1 amide bonds. The molecule has 0 atom stereocenters. The van der Waals surface area contributed by atoms with E-state index in [1.807, 2.05) is 13.8 Å². The number of anilines is 2. The smallest absolute Gasteiger partial charge is 0.221 e. The van der Waals surface area contributed by atoms with Gasteiger partial charge in [-0.2, -0.15) is 0 Å². The average Bonchev–Trinajstić information content (AvgIpc) is 2.22. The summed E-state index contributed by atoms with van der Waals surface area (Å²) in [6, 6.07) is 3.35. The second-order valence-corrected chi connectivity index (χ2v) is 3.44. The second-order valence-electron chi connectivity index (χ2n) is 3.44. The predicted octanol–water partition coefficient (Wildman–Crippen LogP) is 2.02. The van der Waals surface area contributed by atoms with E-state index in [1.54, 1.807) is 12.1 Å². The Balaban J connectivity index is 3.10. The highest BCUT2D eigenvalue weighted by atomic mass is 16.5. The van der Waals surface area contributed by atoms with Crippen molar-refractivity contribution in [3.05, 3.63) is 12.1 Å². The Morgan fingerprint density at radius 3 is 2.47 bits per heavy atom. The molecule has 0 fully saturated rings. The molecule has 1 aromatic carbocycles. The van der Waals surface area contributed by atoms with Crippen LogP contribution in [0.25, 0.3) is 0 Å². The topological polar surface area (TPSA) is 73.6 Å². The third-order valence-corrected chi connectivity index (χ3v) is 1.99. The van der Waals surface area contributed by atoms with E-state index in [4.69, 9.17) is 15.2 Å². The molecule has 0 heterocycles. The van der Waals surface area contributed by atoms with Crippen LogP contribution in [0.5, 0.6) is 11.5 Å². The SMILES string of the molecule is CCOc1cc(NC(C)=O)cc(N)c1OCC. The minimum absolute atomic E-state index is 0.156. The Hall–Kier alpha value is -1.91. The van der Waals surface area contributed by atoms with Gasteiger partial charge in [0.15, 0.2) is 11.5 Å². The third-order valence-electron chi connectivity index (χ3n) is 1.99. The van der Waals surface area contributed by atoms with Gasteiger partial charge < -0.3 is 20.5 Å². The molecule has 0 aliphatic carbocycles. The van der Waals surface area contributed by atoms with Crippen molar-refractivity contribution < 1.29 is 14.3 Å². The first-order valence-electron chi connectivity index (χ1n) is 5.55. The zero-order valence-electron chi connectivity index (χ0n) is 10.4. The summed E-state index contributed by atoms with van der Waals surface area (Å²) < 4.78 is 10.9. The molecule has 0 aliphatic heterocycles. The molecular formula is C12H18N2O3. The van der Waals surface area contributed by atoms with Crippen LogP contribution < -0.4 is 20.5 Å². The number of hydrogen-bond donors (Lipinski definition) is 2. The van der Waals surface area contributed by atoms with Gasteiger partial charge >= 0.3 is 0 Å². The Bertz CT molecular complexity index is 405. The number of nitrogen functional groups attached to an aromatic ring is 1. The fraction of sp³-hybridized carbons (Fsp3) is 0.417. The number of nitrogens with one attached hydrogen (secondary N) is 1. The summed E-state index contributed by atoms with van der Waals surface area (Å²) in [5.74, 6) is 0.901. The second kappa shape index (κ2) is 5.98. The van der Waals surface area contributed by atoms with Crippen molar-refractivity contribution in [2.24, 2.45) is 0 Å². The zero-order chi connectivity index (χ0) is 12.8. The maximum Gasteiger partial charge on any atom is 0.221 e. The summed E-state index contributed by atoms with van der Waals surface area (Å²) in [5, 5.41) is 2.66. The molecule has 1 aromatic rings. The first-order valence-corrected chi connectivity index (χ1v) is 5.55. The van der Waals surface area contributed by atoms with Crippen LogP contribution in [0.15, 0.2) is 12.1 Å². The predicted molar refractivity (Wildman–Crippen MR) is 67.5 cm³/mol. The van der Waals surface area contributed by atoms with E-state index >= 15 is 0 Å². The monoisotopic (exact) mass is 238 g/mol. The minimum atomic E-state index is -0.156. The number of amides is 1. The molecule has 3 N–H and O–H groups in total. The van der Waals surface area contributed by atoms with Gasteiger partial charge in [-0.1, -0.05) is 0 Å². The number of carbonyl (C=O) groups excluding carboxylic acids is 1. The van der Waals surface area contributed by atoms with E-state index in [0.717, 1.165) is 0 Å². The van der Waals surface area contributed by atoms with Crippen molar-refractivity contribution >= 4 is 17.3 Å². The molecule has 0 aliphatic rings. The summed E-state index contributed by atoms with van der Waals surface area (Å²) in [5.41, 5.74) is 6.90. The summed E-state index contributed by atoms with van der Waals surface area (Å²) in [4.78, 5) is 11.0. The van der Waals surface area contributed by atoms with Gasteiger partial charge in [0.05, 0.1) is 18.9 Å². The Labute approximate surface area is 101 Å². The van der Waals surface area contributed by atoms with E-state index in [-0.39, 0.29) is 5.91 Å². The standard InChI is InChI=1S/C12H18N2O3/c1-4-16-11-7-9(14-8(3)15)6-10(13)12(11)17-5-2/h6-7H,4-5,13H2,1-3H3,(H,14,15). The fourth-order valence-corrected chi connectivity index (χ4v) is 1.46. The lowest BCUT2D eigenvalue weighted by Crippen LogP contribution is -2.08. The molecule has 0 spiro atoms. The minimum Gasteiger partial charge on any atom is -0.490 e. The number of carbonyl (C=O) groups is 1. The fourth-order valence-electron chi connectivity index (χ4n) is 1.46. The maximum absolute atomic E-state index is 11.0. The molecular weight excluding hydrogens is 220 g/mol. The molecule has 17 heavy (non-hydrogen) atoms. The van der Waals surface area contributed by atoms with E-state index in [0.29, 0.717) is 36.1 Å². The van der Waals surface area contributed by atoms with Crippen LogP contribution in [0.4, 0.5) is 11.4 Å². The zero-order valence-corrected chi connectivity index (χ0v) is 10.4. The number of nitrogens with two attached hydrogens (primary N) is 1. The van der Waals surface area contributed by atoms with Gasteiger partial charge in [0.1, 0.15) is 0 Å². The largest absolute Gasteiger partial charge is 0.490 e. The van der Waals surface area contributed by atoms with Gasteiger partial charge in [0, 0.05) is 18.7 Å². The molecule has 0 saturated heterocycles. The number of hydrogen-bond acceptors (Lipinski definition) is 4. The van der Waals surface area contributed by atoms with Crippen molar-refractivity contribution in [3.63, 3.8) is 0 Å². The average molecular weight is 238 g/mol. The van der Waals surface area contributed by atoms with Gasteiger partial charge in [-0.25, -0.2) is 0 Å². The normalized spacial score (nSPS) is 9.82. The highest BCUT2D eigenvalue weighted by Gasteiger charge is 2.11.